The summed E-state index contributed by atoms with van der Waals surface area (Å²) in [6, 6.07) is 18.7. The minimum Gasteiger partial charge on any atom is -0.348 e. The monoisotopic (exact) mass is 371 g/mol. The number of carbonyl (C=O) groups is 1. The second kappa shape index (κ2) is 9.77. The van der Waals surface area contributed by atoms with Gasteiger partial charge in [-0.3, -0.25) is 10.1 Å². The molecule has 0 radical (unpaired) electrons. The Bertz CT molecular complexity index is 756. The van der Waals surface area contributed by atoms with Gasteiger partial charge in [0.1, 0.15) is 0 Å². The Morgan fingerprint density at radius 1 is 1.12 bits per heavy atom. The molecule has 2 aromatic rings. The molecule has 1 N–H and O–H groups in total. The van der Waals surface area contributed by atoms with Gasteiger partial charge in [-0.25, -0.2) is 0 Å². The quantitative estimate of drug-likeness (QED) is 0.784. The van der Waals surface area contributed by atoms with Crippen molar-refractivity contribution >= 4 is 34.8 Å². The standard InChI is InChI=1S/C19H18ClN3OS/c20-17-9-7-16(8-10-17)18(24)22-19(25)23(13-4-12-21)14-11-15-5-2-1-3-6-15/h1-3,5-10H,4,11,13-14H2,(H,22,24,25). The molecule has 2 rings (SSSR count). The molecule has 0 saturated carbocycles. The maximum absolute atomic E-state index is 12.3. The van der Waals surface area contributed by atoms with Crippen molar-refractivity contribution in [2.75, 3.05) is 13.1 Å². The Labute approximate surface area is 158 Å². The summed E-state index contributed by atoms with van der Waals surface area (Å²) in [4.78, 5) is 14.1. The van der Waals surface area contributed by atoms with Crippen molar-refractivity contribution in [3.05, 3.63) is 70.7 Å². The molecule has 128 valence electrons. The maximum atomic E-state index is 12.3. The molecule has 0 spiro atoms. The topological polar surface area (TPSA) is 56.1 Å². The normalized spacial score (nSPS) is 9.92. The molecule has 4 nitrogen and oxygen atoms in total. The molecule has 1 amide bonds. The number of hydrogen-bond acceptors (Lipinski definition) is 3. The summed E-state index contributed by atoms with van der Waals surface area (Å²) in [6.45, 7) is 1.11. The van der Waals surface area contributed by atoms with Crippen LogP contribution in [0.5, 0.6) is 0 Å². The highest BCUT2D eigenvalue weighted by Crippen LogP contribution is 2.10. The number of nitrogens with one attached hydrogen (secondary N) is 1. The van der Waals surface area contributed by atoms with Crippen molar-refractivity contribution in [3.63, 3.8) is 0 Å². The minimum atomic E-state index is -0.289. The van der Waals surface area contributed by atoms with Crippen LogP contribution in [0.2, 0.25) is 5.02 Å². The molecule has 0 bridgehead atoms. The maximum Gasteiger partial charge on any atom is 0.257 e. The molecule has 2 aromatic carbocycles. The van der Waals surface area contributed by atoms with E-state index in [9.17, 15) is 4.79 Å². The first kappa shape index (κ1) is 18.9. The summed E-state index contributed by atoms with van der Waals surface area (Å²) in [5.74, 6) is -0.289. The van der Waals surface area contributed by atoms with Gasteiger partial charge in [0.05, 0.1) is 12.5 Å². The molecule has 0 heterocycles. The number of nitriles is 1. The van der Waals surface area contributed by atoms with Crippen LogP contribution in [-0.4, -0.2) is 29.0 Å². The molecule has 0 aromatic heterocycles. The third-order valence-corrected chi connectivity index (χ3v) is 4.23. The molecule has 0 aliphatic carbocycles. The summed E-state index contributed by atoms with van der Waals surface area (Å²) in [6.07, 6.45) is 1.12. The van der Waals surface area contributed by atoms with E-state index in [0.717, 1.165) is 6.42 Å². The van der Waals surface area contributed by atoms with Crippen LogP contribution >= 0.6 is 23.8 Å². The lowest BCUT2D eigenvalue weighted by Gasteiger charge is -2.24. The highest BCUT2D eigenvalue weighted by atomic mass is 35.5. The highest BCUT2D eigenvalue weighted by molar-refractivity contribution is 7.80. The summed E-state index contributed by atoms with van der Waals surface area (Å²) in [5.41, 5.74) is 1.66. The van der Waals surface area contributed by atoms with Gasteiger partial charge in [0, 0.05) is 23.7 Å². The average molecular weight is 372 g/mol. The number of benzene rings is 2. The first-order valence-electron chi connectivity index (χ1n) is 7.87. The second-order valence-electron chi connectivity index (χ2n) is 5.40. The van der Waals surface area contributed by atoms with E-state index in [-0.39, 0.29) is 5.91 Å². The molecule has 0 aliphatic rings. The van der Waals surface area contributed by atoms with Crippen molar-refractivity contribution in [1.29, 1.82) is 5.26 Å². The number of amides is 1. The van der Waals surface area contributed by atoms with Crippen LogP contribution in [0.15, 0.2) is 54.6 Å². The zero-order valence-electron chi connectivity index (χ0n) is 13.6. The van der Waals surface area contributed by atoms with Crippen LogP contribution < -0.4 is 5.32 Å². The number of carbonyl (C=O) groups excluding carboxylic acids is 1. The lowest BCUT2D eigenvalue weighted by atomic mass is 10.1. The van der Waals surface area contributed by atoms with Crippen molar-refractivity contribution in [2.45, 2.75) is 12.8 Å². The Morgan fingerprint density at radius 2 is 1.80 bits per heavy atom. The van der Waals surface area contributed by atoms with Gasteiger partial charge in [-0.1, -0.05) is 41.9 Å². The second-order valence-corrected chi connectivity index (χ2v) is 6.22. The zero-order valence-corrected chi connectivity index (χ0v) is 15.2. The highest BCUT2D eigenvalue weighted by Gasteiger charge is 2.14. The third kappa shape index (κ3) is 6.18. The van der Waals surface area contributed by atoms with Gasteiger partial charge in [-0.05, 0) is 48.5 Å². The summed E-state index contributed by atoms with van der Waals surface area (Å²) >= 11 is 11.2. The third-order valence-electron chi connectivity index (χ3n) is 3.62. The predicted molar refractivity (Wildman–Crippen MR) is 103 cm³/mol. The number of nitrogens with zero attached hydrogens (tertiary/aromatic N) is 2. The van der Waals surface area contributed by atoms with Crippen LogP contribution in [0, 0.1) is 11.3 Å². The van der Waals surface area contributed by atoms with E-state index in [1.165, 1.54) is 5.56 Å². The van der Waals surface area contributed by atoms with Crippen molar-refractivity contribution < 1.29 is 4.79 Å². The Hall–Kier alpha value is -2.42. The Morgan fingerprint density at radius 3 is 2.44 bits per heavy atom. The smallest absolute Gasteiger partial charge is 0.257 e. The molecule has 25 heavy (non-hydrogen) atoms. The largest absolute Gasteiger partial charge is 0.348 e. The SMILES string of the molecule is N#CCCN(CCc1ccccc1)C(=S)NC(=O)c1ccc(Cl)cc1. The molecule has 0 saturated heterocycles. The molecular weight excluding hydrogens is 354 g/mol. The number of rotatable bonds is 6. The zero-order chi connectivity index (χ0) is 18.1. The average Bonchev–Trinajstić information content (AvgIpc) is 2.63. The first-order chi connectivity index (χ1) is 12.1. The summed E-state index contributed by atoms with van der Waals surface area (Å²) in [7, 11) is 0. The molecule has 0 fully saturated rings. The van der Waals surface area contributed by atoms with Crippen LogP contribution in [0.3, 0.4) is 0 Å². The number of halogens is 1. The van der Waals surface area contributed by atoms with Gasteiger partial charge in [0.25, 0.3) is 5.91 Å². The Balaban J connectivity index is 1.98. The molecule has 0 unspecified atom stereocenters. The van der Waals surface area contributed by atoms with Crippen LogP contribution in [0.25, 0.3) is 0 Å². The molecule has 0 aliphatic heterocycles. The Kier molecular flexibility index (Phi) is 7.39. The minimum absolute atomic E-state index is 0.289. The van der Waals surface area contributed by atoms with Gasteiger partial charge in [0.15, 0.2) is 5.11 Å². The van der Waals surface area contributed by atoms with Gasteiger partial charge in [0.2, 0.25) is 0 Å². The lowest BCUT2D eigenvalue weighted by Crippen LogP contribution is -2.44. The van der Waals surface area contributed by atoms with Crippen LogP contribution in [-0.2, 0) is 6.42 Å². The lowest BCUT2D eigenvalue weighted by molar-refractivity contribution is 0.0973. The van der Waals surface area contributed by atoms with E-state index in [4.69, 9.17) is 29.1 Å². The van der Waals surface area contributed by atoms with Gasteiger partial charge >= 0.3 is 0 Å². The fourth-order valence-electron chi connectivity index (χ4n) is 2.26. The summed E-state index contributed by atoms with van der Waals surface area (Å²) < 4.78 is 0. The van der Waals surface area contributed by atoms with Gasteiger partial charge < -0.3 is 4.90 Å². The number of hydrogen-bond donors (Lipinski definition) is 1. The predicted octanol–water partition coefficient (Wildman–Crippen LogP) is 3.81. The fraction of sp³-hybridized carbons (Fsp3) is 0.211. The van der Waals surface area contributed by atoms with E-state index < -0.39 is 0 Å². The number of thiocarbonyl (C=S) groups is 1. The van der Waals surface area contributed by atoms with E-state index in [1.807, 2.05) is 35.2 Å². The van der Waals surface area contributed by atoms with Gasteiger partial charge in [-0.15, -0.1) is 0 Å². The van der Waals surface area contributed by atoms with Crippen LogP contribution in [0.1, 0.15) is 22.3 Å². The van der Waals surface area contributed by atoms with Crippen molar-refractivity contribution in [1.82, 2.24) is 10.2 Å². The van der Waals surface area contributed by atoms with E-state index in [2.05, 4.69) is 11.4 Å². The molecule has 6 heteroatoms. The van der Waals surface area contributed by atoms with E-state index >= 15 is 0 Å². The van der Waals surface area contributed by atoms with Gasteiger partial charge in [-0.2, -0.15) is 5.26 Å². The van der Waals surface area contributed by atoms with E-state index in [0.29, 0.717) is 35.2 Å². The fourth-order valence-corrected chi connectivity index (χ4v) is 2.66. The molecular formula is C19H18ClN3OS. The van der Waals surface area contributed by atoms with Crippen molar-refractivity contribution in [2.24, 2.45) is 0 Å². The molecule has 0 atom stereocenters. The van der Waals surface area contributed by atoms with E-state index in [1.54, 1.807) is 24.3 Å². The van der Waals surface area contributed by atoms with Crippen LogP contribution in [0.4, 0.5) is 0 Å². The van der Waals surface area contributed by atoms with Crippen molar-refractivity contribution in [3.8, 4) is 6.07 Å². The first-order valence-corrected chi connectivity index (χ1v) is 8.65. The summed E-state index contributed by atoms with van der Waals surface area (Å²) in [5, 5.41) is 12.5.